The van der Waals surface area contributed by atoms with Crippen LogP contribution in [0.25, 0.3) is 0 Å². The van der Waals surface area contributed by atoms with Crippen LogP contribution >= 0.6 is 0 Å². The molecule has 7 nitrogen and oxygen atoms in total. The third kappa shape index (κ3) is 3.52. The van der Waals surface area contributed by atoms with Gasteiger partial charge in [-0.15, -0.1) is 0 Å². The third-order valence-electron chi connectivity index (χ3n) is 3.47. The van der Waals surface area contributed by atoms with Crippen LogP contribution in [0.2, 0.25) is 0 Å². The fourth-order valence-corrected chi connectivity index (χ4v) is 3.11. The van der Waals surface area contributed by atoms with Crippen molar-refractivity contribution in [1.82, 2.24) is 19.8 Å². The Kier molecular flexibility index (Phi) is 3.83. The van der Waals surface area contributed by atoms with E-state index in [0.29, 0.717) is 18.3 Å². The van der Waals surface area contributed by atoms with Crippen LogP contribution in [-0.4, -0.2) is 24.2 Å². The monoisotopic (exact) mass is 310 g/mol. The van der Waals surface area contributed by atoms with Gasteiger partial charge in [0.25, 0.3) is 0 Å². The van der Waals surface area contributed by atoms with Crippen molar-refractivity contribution in [3.05, 3.63) is 36.0 Å². The topological polar surface area (TPSA) is 89.2 Å². The molecule has 1 aliphatic rings. The predicted octanol–water partition coefficient (Wildman–Crippen LogP) is 0.744. The molecule has 21 heavy (non-hydrogen) atoms. The van der Waals surface area contributed by atoms with Gasteiger partial charge in [0, 0.05) is 37.6 Å². The van der Waals surface area contributed by atoms with Crippen molar-refractivity contribution in [1.29, 1.82) is 0 Å². The molecular formula is C13H18N4O3S. The van der Waals surface area contributed by atoms with Gasteiger partial charge in [-0.1, -0.05) is 5.16 Å². The lowest BCUT2D eigenvalue weighted by Crippen LogP contribution is -2.22. The maximum absolute atomic E-state index is 12.2. The Hall–Kier alpha value is -1.64. The number of nitrogens with zero attached hydrogens (tertiary/aromatic N) is 2. The normalized spacial score (nSPS) is 15.5. The lowest BCUT2D eigenvalue weighted by atomic mass is 10.4. The molecule has 1 saturated carbocycles. The van der Waals surface area contributed by atoms with Gasteiger partial charge in [0.1, 0.15) is 0 Å². The summed E-state index contributed by atoms with van der Waals surface area (Å²) < 4.78 is 33.7. The largest absolute Gasteiger partial charge is 0.360 e. The Balaban J connectivity index is 1.67. The number of rotatable bonds is 7. The molecule has 0 saturated heterocycles. The van der Waals surface area contributed by atoms with Crippen LogP contribution < -0.4 is 10.0 Å². The molecule has 2 heterocycles. The second kappa shape index (κ2) is 5.63. The number of hydrogen-bond donors (Lipinski definition) is 2. The third-order valence-corrected chi connectivity index (χ3v) is 4.84. The predicted molar refractivity (Wildman–Crippen MR) is 75.8 cm³/mol. The minimum absolute atomic E-state index is 0.0902. The van der Waals surface area contributed by atoms with Gasteiger partial charge in [0.2, 0.25) is 10.0 Å². The Morgan fingerprint density at radius 3 is 2.90 bits per heavy atom. The van der Waals surface area contributed by atoms with E-state index in [1.807, 2.05) is 11.6 Å². The molecule has 0 radical (unpaired) electrons. The van der Waals surface area contributed by atoms with E-state index >= 15 is 0 Å². The van der Waals surface area contributed by atoms with E-state index in [2.05, 4.69) is 15.2 Å². The van der Waals surface area contributed by atoms with E-state index in [9.17, 15) is 8.42 Å². The van der Waals surface area contributed by atoms with Crippen LogP contribution in [0.15, 0.2) is 33.9 Å². The minimum Gasteiger partial charge on any atom is -0.360 e. The molecule has 2 aromatic rings. The quantitative estimate of drug-likeness (QED) is 0.787. The Morgan fingerprint density at radius 2 is 2.24 bits per heavy atom. The van der Waals surface area contributed by atoms with Gasteiger partial charge < -0.3 is 14.4 Å². The highest BCUT2D eigenvalue weighted by molar-refractivity contribution is 7.89. The molecule has 3 rings (SSSR count). The second-order valence-corrected chi connectivity index (χ2v) is 7.00. The van der Waals surface area contributed by atoms with Gasteiger partial charge in [-0.05, 0) is 18.9 Å². The van der Waals surface area contributed by atoms with Crippen molar-refractivity contribution < 1.29 is 12.9 Å². The lowest BCUT2D eigenvalue weighted by molar-refractivity contribution is 0.380. The van der Waals surface area contributed by atoms with E-state index in [1.54, 1.807) is 18.3 Å². The number of aryl methyl sites for hydroxylation is 1. The standard InChI is InChI=1S/C13H18N4O3S/c1-17-9-13(6-11(17)7-14-10-2-3-10)21(18,19)16-8-12-4-5-15-20-12/h4-6,9-10,14,16H,2-3,7-8H2,1H3. The number of aromatic nitrogens is 2. The molecule has 2 aromatic heterocycles. The summed E-state index contributed by atoms with van der Waals surface area (Å²) in [7, 11) is -1.70. The average molecular weight is 310 g/mol. The molecular weight excluding hydrogens is 292 g/mol. The van der Waals surface area contributed by atoms with E-state index in [4.69, 9.17) is 4.52 Å². The summed E-state index contributed by atoms with van der Waals surface area (Å²) in [6, 6.07) is 3.90. The molecule has 1 aliphatic carbocycles. The molecule has 114 valence electrons. The number of nitrogens with one attached hydrogen (secondary N) is 2. The summed E-state index contributed by atoms with van der Waals surface area (Å²) in [6.07, 6.45) is 5.50. The molecule has 0 aromatic carbocycles. The lowest BCUT2D eigenvalue weighted by Gasteiger charge is -2.03. The van der Waals surface area contributed by atoms with E-state index in [0.717, 1.165) is 5.69 Å². The molecule has 0 bridgehead atoms. The van der Waals surface area contributed by atoms with Crippen LogP contribution in [0.4, 0.5) is 0 Å². The maximum Gasteiger partial charge on any atom is 0.242 e. The van der Waals surface area contributed by atoms with Crippen LogP contribution in [0, 0.1) is 0 Å². The van der Waals surface area contributed by atoms with Crippen molar-refractivity contribution in [2.75, 3.05) is 0 Å². The van der Waals surface area contributed by atoms with Gasteiger partial charge >= 0.3 is 0 Å². The molecule has 2 N–H and O–H groups in total. The van der Waals surface area contributed by atoms with Crippen molar-refractivity contribution in [3.8, 4) is 0 Å². The molecule has 0 amide bonds. The molecule has 0 unspecified atom stereocenters. The number of sulfonamides is 1. The van der Waals surface area contributed by atoms with Crippen LogP contribution in [0.3, 0.4) is 0 Å². The Bertz CT molecular complexity index is 702. The molecule has 0 atom stereocenters. The SMILES string of the molecule is Cn1cc(S(=O)(=O)NCc2ccno2)cc1CNC1CC1. The zero-order valence-corrected chi connectivity index (χ0v) is 12.6. The summed E-state index contributed by atoms with van der Waals surface area (Å²) in [5, 5.41) is 6.91. The fraction of sp³-hybridized carbons (Fsp3) is 0.462. The minimum atomic E-state index is -3.55. The molecule has 8 heteroatoms. The fourth-order valence-electron chi connectivity index (χ4n) is 2.02. The summed E-state index contributed by atoms with van der Waals surface area (Å²) in [5.41, 5.74) is 0.946. The van der Waals surface area contributed by atoms with Gasteiger partial charge in [0.05, 0.1) is 17.6 Å². The Labute approximate surface area is 123 Å². The zero-order valence-electron chi connectivity index (χ0n) is 11.7. The smallest absolute Gasteiger partial charge is 0.242 e. The van der Waals surface area contributed by atoms with Crippen molar-refractivity contribution in [2.45, 2.75) is 36.9 Å². The highest BCUT2D eigenvalue weighted by Gasteiger charge is 2.22. The first kappa shape index (κ1) is 14.3. The van der Waals surface area contributed by atoms with Crippen LogP contribution in [0.1, 0.15) is 24.3 Å². The van der Waals surface area contributed by atoms with Gasteiger partial charge in [-0.25, -0.2) is 13.1 Å². The van der Waals surface area contributed by atoms with E-state index in [1.165, 1.54) is 19.0 Å². The van der Waals surface area contributed by atoms with Crippen molar-refractivity contribution >= 4 is 10.0 Å². The van der Waals surface area contributed by atoms with Crippen molar-refractivity contribution in [2.24, 2.45) is 7.05 Å². The molecule has 0 spiro atoms. The van der Waals surface area contributed by atoms with E-state index < -0.39 is 10.0 Å². The summed E-state index contributed by atoms with van der Waals surface area (Å²) in [5.74, 6) is 0.477. The van der Waals surface area contributed by atoms with Gasteiger partial charge in [-0.2, -0.15) is 0 Å². The van der Waals surface area contributed by atoms with Gasteiger partial charge in [-0.3, -0.25) is 0 Å². The summed E-state index contributed by atoms with van der Waals surface area (Å²) >= 11 is 0. The Morgan fingerprint density at radius 1 is 1.43 bits per heavy atom. The van der Waals surface area contributed by atoms with Gasteiger partial charge in [0.15, 0.2) is 5.76 Å². The molecule has 1 fully saturated rings. The van der Waals surface area contributed by atoms with Crippen LogP contribution in [0.5, 0.6) is 0 Å². The average Bonchev–Trinajstić information content (AvgIpc) is 2.98. The summed E-state index contributed by atoms with van der Waals surface area (Å²) in [6.45, 7) is 0.770. The molecule has 0 aliphatic heterocycles. The van der Waals surface area contributed by atoms with Crippen molar-refractivity contribution in [3.63, 3.8) is 0 Å². The first-order valence-electron chi connectivity index (χ1n) is 6.82. The number of hydrogen-bond acceptors (Lipinski definition) is 5. The zero-order chi connectivity index (χ0) is 14.9. The van der Waals surface area contributed by atoms with E-state index in [-0.39, 0.29) is 11.4 Å². The van der Waals surface area contributed by atoms with Crippen LogP contribution in [-0.2, 0) is 30.2 Å². The first-order valence-corrected chi connectivity index (χ1v) is 8.31. The highest BCUT2D eigenvalue weighted by Crippen LogP contribution is 2.20. The second-order valence-electron chi connectivity index (χ2n) is 5.24. The first-order chi connectivity index (χ1) is 10.0. The summed E-state index contributed by atoms with van der Waals surface area (Å²) in [4.78, 5) is 0.261. The maximum atomic E-state index is 12.2. The highest BCUT2D eigenvalue weighted by atomic mass is 32.2.